The molecular formula is C7H6N3. The molecule has 10 heavy (non-hydrogen) atoms. The topological polar surface area (TPSA) is 38.8 Å². The summed E-state index contributed by atoms with van der Waals surface area (Å²) in [6, 6.07) is 0. The van der Waals surface area contributed by atoms with Gasteiger partial charge in [-0.1, -0.05) is 0 Å². The quantitative estimate of drug-likeness (QED) is 0.481. The van der Waals surface area contributed by atoms with Crippen LogP contribution in [-0.4, -0.2) is 0 Å². The van der Waals surface area contributed by atoms with E-state index in [9.17, 15) is 0 Å². The zero-order chi connectivity index (χ0) is 6.97. The van der Waals surface area contributed by atoms with Crippen LogP contribution in [0.5, 0.6) is 0 Å². The Labute approximate surface area is 58.8 Å². The normalized spacial score (nSPS) is 20.7. The number of rotatable bonds is 0. The highest BCUT2D eigenvalue weighted by molar-refractivity contribution is 5.44. The Hall–Kier alpha value is -1.38. The van der Waals surface area contributed by atoms with E-state index in [4.69, 9.17) is 0 Å². The summed E-state index contributed by atoms with van der Waals surface area (Å²) in [5, 5.41) is 11.7. The fraction of sp³-hybridized carbons (Fsp3) is 0.143. The van der Waals surface area contributed by atoms with Gasteiger partial charge in [0.25, 0.3) is 0 Å². The Morgan fingerprint density at radius 3 is 3.10 bits per heavy atom. The molecule has 0 aliphatic carbocycles. The summed E-state index contributed by atoms with van der Waals surface area (Å²) in [6.45, 7) is 1.95. The lowest BCUT2D eigenvalue weighted by Gasteiger charge is -2.04. The maximum Gasteiger partial charge on any atom is 0.113 e. The highest BCUT2D eigenvalue weighted by atomic mass is 15.1. The maximum atomic E-state index is 4.08. The van der Waals surface area contributed by atoms with E-state index in [0.717, 1.165) is 17.0 Å². The number of hydrogen-bond acceptors (Lipinski definition) is 2. The molecule has 49 valence electrons. The molecule has 1 radical (unpaired) electrons. The summed E-state index contributed by atoms with van der Waals surface area (Å²) in [4.78, 5) is 0. The summed E-state index contributed by atoms with van der Waals surface area (Å²) in [7, 11) is 0. The van der Waals surface area contributed by atoms with Crippen molar-refractivity contribution in [2.75, 3.05) is 0 Å². The van der Waals surface area contributed by atoms with E-state index in [1.807, 2.05) is 13.0 Å². The van der Waals surface area contributed by atoms with Crippen molar-refractivity contribution in [1.29, 1.82) is 0 Å². The van der Waals surface area contributed by atoms with Crippen molar-refractivity contribution >= 4 is 0 Å². The fourth-order valence-corrected chi connectivity index (χ4v) is 0.914. The first-order chi connectivity index (χ1) is 4.86. The van der Waals surface area contributed by atoms with Gasteiger partial charge in [-0.25, -0.2) is 0 Å². The number of fused-ring (bicyclic) bond motifs is 1. The number of azo groups is 1. The molecule has 0 aromatic carbocycles. The van der Waals surface area contributed by atoms with Gasteiger partial charge in [0, 0.05) is 11.3 Å². The second kappa shape index (κ2) is 1.80. The lowest BCUT2D eigenvalue weighted by molar-refractivity contribution is 0.988. The van der Waals surface area contributed by atoms with Gasteiger partial charge in [-0.05, 0) is 13.0 Å². The molecule has 3 nitrogen and oxygen atoms in total. The smallest absolute Gasteiger partial charge is 0.113 e. The summed E-state index contributed by atoms with van der Waals surface area (Å²) < 4.78 is 0. The van der Waals surface area contributed by atoms with Gasteiger partial charge >= 0.3 is 0 Å². The number of hydrogen-bond donors (Lipinski definition) is 0. The monoisotopic (exact) mass is 132 g/mol. The van der Waals surface area contributed by atoms with Gasteiger partial charge < -0.3 is 0 Å². The van der Waals surface area contributed by atoms with Crippen molar-refractivity contribution in [2.45, 2.75) is 6.92 Å². The zero-order valence-corrected chi connectivity index (χ0v) is 5.57. The van der Waals surface area contributed by atoms with Crippen molar-refractivity contribution in [3.05, 3.63) is 35.4 Å². The molecule has 0 saturated heterocycles. The van der Waals surface area contributed by atoms with Gasteiger partial charge in [0.1, 0.15) is 5.70 Å². The van der Waals surface area contributed by atoms with Crippen molar-refractivity contribution in [3.8, 4) is 0 Å². The lowest BCUT2D eigenvalue weighted by Crippen LogP contribution is -2.00. The molecule has 0 spiro atoms. The van der Waals surface area contributed by atoms with Crippen LogP contribution in [0, 0.1) is 0 Å². The van der Waals surface area contributed by atoms with Crippen molar-refractivity contribution in [2.24, 2.45) is 10.2 Å². The van der Waals surface area contributed by atoms with Gasteiger partial charge in [-0.3, -0.25) is 5.32 Å². The molecule has 0 N–H and O–H groups in total. The van der Waals surface area contributed by atoms with E-state index in [0.29, 0.717) is 0 Å². The largest absolute Gasteiger partial charge is 0.259 e. The van der Waals surface area contributed by atoms with Crippen LogP contribution in [0.2, 0.25) is 0 Å². The third-order valence-corrected chi connectivity index (χ3v) is 1.41. The average Bonchev–Trinajstić information content (AvgIpc) is 2.33. The SMILES string of the molecule is CC1=CC2=CN=NC2=C[N]1. The van der Waals surface area contributed by atoms with Crippen molar-refractivity contribution in [1.82, 2.24) is 5.32 Å². The van der Waals surface area contributed by atoms with E-state index in [1.165, 1.54) is 0 Å². The van der Waals surface area contributed by atoms with E-state index in [-0.39, 0.29) is 0 Å². The zero-order valence-electron chi connectivity index (χ0n) is 5.57. The fourth-order valence-electron chi connectivity index (χ4n) is 0.914. The predicted molar refractivity (Wildman–Crippen MR) is 36.9 cm³/mol. The van der Waals surface area contributed by atoms with Crippen molar-refractivity contribution in [3.63, 3.8) is 0 Å². The molecule has 2 rings (SSSR count). The summed E-state index contributed by atoms with van der Waals surface area (Å²) in [6.07, 6.45) is 5.44. The van der Waals surface area contributed by atoms with Crippen LogP contribution in [0.3, 0.4) is 0 Å². The van der Waals surface area contributed by atoms with E-state index in [1.54, 1.807) is 12.4 Å². The van der Waals surface area contributed by atoms with Crippen LogP contribution in [0.15, 0.2) is 45.7 Å². The summed E-state index contributed by atoms with van der Waals surface area (Å²) >= 11 is 0. The molecular weight excluding hydrogens is 126 g/mol. The van der Waals surface area contributed by atoms with Gasteiger partial charge in [-0.2, -0.15) is 5.11 Å². The third-order valence-electron chi connectivity index (χ3n) is 1.41. The Balaban J connectivity index is 2.42. The Bertz CT molecular complexity index is 281. The Morgan fingerprint density at radius 2 is 2.20 bits per heavy atom. The number of allylic oxidation sites excluding steroid dienone is 2. The first-order valence-electron chi connectivity index (χ1n) is 3.07. The van der Waals surface area contributed by atoms with Crippen LogP contribution in [0.1, 0.15) is 6.92 Å². The van der Waals surface area contributed by atoms with E-state index >= 15 is 0 Å². The van der Waals surface area contributed by atoms with E-state index < -0.39 is 0 Å². The molecule has 0 saturated carbocycles. The minimum atomic E-state index is 0.866. The molecule has 0 aromatic rings. The molecule has 0 atom stereocenters. The van der Waals surface area contributed by atoms with Crippen molar-refractivity contribution < 1.29 is 0 Å². The third kappa shape index (κ3) is 0.673. The average molecular weight is 132 g/mol. The first-order valence-corrected chi connectivity index (χ1v) is 3.07. The Morgan fingerprint density at radius 1 is 1.30 bits per heavy atom. The van der Waals surface area contributed by atoms with Gasteiger partial charge in [0.2, 0.25) is 0 Å². The molecule has 0 bridgehead atoms. The minimum absolute atomic E-state index is 0.866. The summed E-state index contributed by atoms with van der Waals surface area (Å²) in [5.41, 5.74) is 2.93. The molecule has 2 aliphatic rings. The highest BCUT2D eigenvalue weighted by Gasteiger charge is 2.11. The lowest BCUT2D eigenvalue weighted by atomic mass is 10.1. The minimum Gasteiger partial charge on any atom is -0.259 e. The molecule has 0 unspecified atom stereocenters. The molecule has 2 aliphatic heterocycles. The summed E-state index contributed by atoms with van der Waals surface area (Å²) in [5.74, 6) is 0. The van der Waals surface area contributed by atoms with Gasteiger partial charge in [0.05, 0.1) is 12.4 Å². The molecule has 3 heteroatoms. The van der Waals surface area contributed by atoms with Gasteiger partial charge in [-0.15, -0.1) is 5.11 Å². The van der Waals surface area contributed by atoms with E-state index in [2.05, 4.69) is 15.5 Å². The van der Waals surface area contributed by atoms with Crippen LogP contribution in [0.4, 0.5) is 0 Å². The molecule has 0 amide bonds. The standard InChI is InChI=1S/C7H6N3/c1-5-2-6-3-9-10-7(6)4-8-5/h2-4H,1H3. The molecule has 2 heterocycles. The first kappa shape index (κ1) is 5.41. The Kier molecular flexibility index (Phi) is 0.974. The second-order valence-electron chi connectivity index (χ2n) is 2.23. The van der Waals surface area contributed by atoms with Crippen LogP contribution < -0.4 is 5.32 Å². The van der Waals surface area contributed by atoms with Crippen LogP contribution in [-0.2, 0) is 0 Å². The van der Waals surface area contributed by atoms with Crippen LogP contribution >= 0.6 is 0 Å². The predicted octanol–water partition coefficient (Wildman–Crippen LogP) is 1.70. The number of nitrogens with zero attached hydrogens (tertiary/aromatic N) is 3. The van der Waals surface area contributed by atoms with Crippen LogP contribution in [0.25, 0.3) is 0 Å². The highest BCUT2D eigenvalue weighted by Crippen LogP contribution is 2.23. The maximum absolute atomic E-state index is 4.08. The molecule has 0 aromatic heterocycles. The second-order valence-corrected chi connectivity index (χ2v) is 2.23. The van der Waals surface area contributed by atoms with Gasteiger partial charge in [0.15, 0.2) is 0 Å². The molecule has 0 fully saturated rings.